The molecule has 0 aliphatic carbocycles. The van der Waals surface area contributed by atoms with E-state index in [0.717, 1.165) is 5.56 Å². The molecule has 0 amide bonds. The third-order valence-electron chi connectivity index (χ3n) is 2.44. The quantitative estimate of drug-likeness (QED) is 0.734. The van der Waals surface area contributed by atoms with Gasteiger partial charge in [-0.2, -0.15) is 0 Å². The highest BCUT2D eigenvalue weighted by Crippen LogP contribution is 2.19. The highest BCUT2D eigenvalue weighted by molar-refractivity contribution is 5.64. The SMILES string of the molecule is Cc1c(-c2ccccc2)c(=O)on1CC=O. The number of rotatable bonds is 3. The summed E-state index contributed by atoms with van der Waals surface area (Å²) in [6, 6.07) is 9.26. The van der Waals surface area contributed by atoms with Crippen LogP contribution in [0.2, 0.25) is 0 Å². The summed E-state index contributed by atoms with van der Waals surface area (Å²) in [6.45, 7) is 1.82. The molecule has 16 heavy (non-hydrogen) atoms. The van der Waals surface area contributed by atoms with E-state index >= 15 is 0 Å². The Bertz CT molecular complexity index is 551. The molecule has 1 heterocycles. The lowest BCUT2D eigenvalue weighted by Crippen LogP contribution is -1.99. The lowest BCUT2D eigenvalue weighted by molar-refractivity contribution is -0.109. The second kappa shape index (κ2) is 4.18. The number of hydrogen-bond acceptors (Lipinski definition) is 3. The zero-order chi connectivity index (χ0) is 11.5. The Morgan fingerprint density at radius 2 is 2.00 bits per heavy atom. The van der Waals surface area contributed by atoms with Gasteiger partial charge in [-0.3, -0.25) is 0 Å². The fourth-order valence-corrected chi connectivity index (χ4v) is 1.66. The summed E-state index contributed by atoms with van der Waals surface area (Å²) in [5.41, 5.74) is 1.58. The first-order valence-electron chi connectivity index (χ1n) is 4.94. The van der Waals surface area contributed by atoms with Crippen LogP contribution < -0.4 is 5.63 Å². The monoisotopic (exact) mass is 217 g/mol. The van der Waals surface area contributed by atoms with Gasteiger partial charge in [0, 0.05) is 0 Å². The molecule has 82 valence electrons. The molecule has 4 heteroatoms. The lowest BCUT2D eigenvalue weighted by Gasteiger charge is -1.99. The molecular weight excluding hydrogens is 206 g/mol. The highest BCUT2D eigenvalue weighted by atomic mass is 16.5. The minimum Gasteiger partial charge on any atom is -0.335 e. The number of aromatic nitrogens is 1. The van der Waals surface area contributed by atoms with Gasteiger partial charge in [-0.15, -0.1) is 0 Å². The fourth-order valence-electron chi connectivity index (χ4n) is 1.66. The van der Waals surface area contributed by atoms with Crippen LogP contribution in [0.1, 0.15) is 5.69 Å². The molecular formula is C12H11NO3. The Balaban J connectivity index is 2.58. The third kappa shape index (κ3) is 1.69. The number of nitrogens with zero attached hydrogens (tertiary/aromatic N) is 1. The summed E-state index contributed by atoms with van der Waals surface area (Å²) >= 11 is 0. The van der Waals surface area contributed by atoms with Gasteiger partial charge in [0.25, 0.3) is 0 Å². The van der Waals surface area contributed by atoms with Crippen molar-refractivity contribution in [2.45, 2.75) is 13.5 Å². The Labute approximate surface area is 92.1 Å². The predicted octanol–water partition coefficient (Wildman–Crippen LogP) is 1.62. The third-order valence-corrected chi connectivity index (χ3v) is 2.44. The molecule has 4 nitrogen and oxygen atoms in total. The molecule has 0 aliphatic heterocycles. The van der Waals surface area contributed by atoms with E-state index in [9.17, 15) is 9.59 Å². The van der Waals surface area contributed by atoms with Gasteiger partial charge in [0.1, 0.15) is 12.8 Å². The summed E-state index contributed by atoms with van der Waals surface area (Å²) in [7, 11) is 0. The summed E-state index contributed by atoms with van der Waals surface area (Å²) < 4.78 is 6.27. The standard InChI is InChI=1S/C12H11NO3/c1-9-11(10-5-3-2-4-6-10)12(15)16-13(9)7-8-14/h2-6,8H,7H2,1H3. The van der Waals surface area contributed by atoms with Crippen LogP contribution in [-0.4, -0.2) is 11.0 Å². The number of carbonyl (C=O) groups is 1. The first kappa shape index (κ1) is 10.4. The van der Waals surface area contributed by atoms with E-state index in [-0.39, 0.29) is 6.54 Å². The minimum absolute atomic E-state index is 0.0634. The Morgan fingerprint density at radius 1 is 1.31 bits per heavy atom. The van der Waals surface area contributed by atoms with E-state index in [4.69, 9.17) is 4.52 Å². The lowest BCUT2D eigenvalue weighted by atomic mass is 10.1. The van der Waals surface area contributed by atoms with E-state index in [2.05, 4.69) is 0 Å². The van der Waals surface area contributed by atoms with Crippen LogP contribution in [-0.2, 0) is 11.3 Å². The topological polar surface area (TPSA) is 52.2 Å². The van der Waals surface area contributed by atoms with Gasteiger partial charge in [-0.05, 0) is 12.5 Å². The maximum absolute atomic E-state index is 11.6. The summed E-state index contributed by atoms with van der Waals surface area (Å²) in [5, 5.41) is 0. The normalized spacial score (nSPS) is 10.3. The predicted molar refractivity (Wildman–Crippen MR) is 59.2 cm³/mol. The molecule has 0 unspecified atom stereocenters. The van der Waals surface area contributed by atoms with Crippen LogP contribution >= 0.6 is 0 Å². The van der Waals surface area contributed by atoms with Crippen molar-refractivity contribution in [3.8, 4) is 11.1 Å². The molecule has 1 aromatic heterocycles. The van der Waals surface area contributed by atoms with Gasteiger partial charge in [-0.1, -0.05) is 30.3 Å². The van der Waals surface area contributed by atoms with E-state index in [1.807, 2.05) is 30.3 Å². The molecule has 0 radical (unpaired) electrons. The van der Waals surface area contributed by atoms with E-state index in [1.165, 1.54) is 4.74 Å². The zero-order valence-electron chi connectivity index (χ0n) is 8.84. The van der Waals surface area contributed by atoms with E-state index in [0.29, 0.717) is 17.5 Å². The molecule has 1 aromatic carbocycles. The zero-order valence-corrected chi connectivity index (χ0v) is 8.84. The van der Waals surface area contributed by atoms with Crippen molar-refractivity contribution in [3.05, 3.63) is 46.4 Å². The van der Waals surface area contributed by atoms with Gasteiger partial charge >= 0.3 is 5.63 Å². The average molecular weight is 217 g/mol. The largest absolute Gasteiger partial charge is 0.365 e. The van der Waals surface area contributed by atoms with Crippen LogP contribution in [0.3, 0.4) is 0 Å². The molecule has 0 saturated carbocycles. The maximum atomic E-state index is 11.6. The van der Waals surface area contributed by atoms with E-state index < -0.39 is 5.63 Å². The van der Waals surface area contributed by atoms with Crippen LogP contribution in [0.5, 0.6) is 0 Å². The molecule has 0 N–H and O–H groups in total. The number of aldehydes is 1. The molecule has 0 bridgehead atoms. The number of carbonyl (C=O) groups excluding carboxylic acids is 1. The smallest absolute Gasteiger partial charge is 0.335 e. The van der Waals surface area contributed by atoms with Crippen molar-refractivity contribution in [3.63, 3.8) is 0 Å². The molecule has 0 fully saturated rings. The van der Waals surface area contributed by atoms with E-state index in [1.54, 1.807) is 6.92 Å². The Morgan fingerprint density at radius 3 is 2.62 bits per heavy atom. The molecule has 0 spiro atoms. The van der Waals surface area contributed by atoms with Crippen molar-refractivity contribution >= 4 is 6.29 Å². The van der Waals surface area contributed by atoms with Crippen LogP contribution in [0, 0.1) is 6.92 Å². The molecule has 0 saturated heterocycles. The summed E-state index contributed by atoms with van der Waals surface area (Å²) in [4.78, 5) is 22.0. The fraction of sp³-hybridized carbons (Fsp3) is 0.167. The van der Waals surface area contributed by atoms with Crippen molar-refractivity contribution in [1.82, 2.24) is 4.74 Å². The Kier molecular flexibility index (Phi) is 2.72. The van der Waals surface area contributed by atoms with Gasteiger partial charge in [0.2, 0.25) is 0 Å². The van der Waals surface area contributed by atoms with Crippen molar-refractivity contribution in [2.24, 2.45) is 0 Å². The second-order valence-corrected chi connectivity index (χ2v) is 3.43. The highest BCUT2D eigenvalue weighted by Gasteiger charge is 2.14. The van der Waals surface area contributed by atoms with Crippen LogP contribution in [0.15, 0.2) is 39.6 Å². The molecule has 0 aliphatic rings. The van der Waals surface area contributed by atoms with Crippen molar-refractivity contribution in [1.29, 1.82) is 0 Å². The molecule has 2 rings (SSSR count). The number of benzene rings is 1. The van der Waals surface area contributed by atoms with Crippen molar-refractivity contribution < 1.29 is 9.32 Å². The van der Waals surface area contributed by atoms with Crippen molar-refractivity contribution in [2.75, 3.05) is 0 Å². The van der Waals surface area contributed by atoms with Crippen LogP contribution in [0.4, 0.5) is 0 Å². The first-order chi connectivity index (χ1) is 7.74. The van der Waals surface area contributed by atoms with Gasteiger partial charge in [-0.25, -0.2) is 9.53 Å². The Hall–Kier alpha value is -2.10. The van der Waals surface area contributed by atoms with Gasteiger partial charge in [0.15, 0.2) is 0 Å². The second-order valence-electron chi connectivity index (χ2n) is 3.43. The van der Waals surface area contributed by atoms with Gasteiger partial charge in [0.05, 0.1) is 11.3 Å². The first-order valence-corrected chi connectivity index (χ1v) is 4.94. The molecule has 2 aromatic rings. The molecule has 0 atom stereocenters. The van der Waals surface area contributed by atoms with Crippen LogP contribution in [0.25, 0.3) is 11.1 Å². The summed E-state index contributed by atoms with van der Waals surface area (Å²) in [6.07, 6.45) is 0.699. The summed E-state index contributed by atoms with van der Waals surface area (Å²) in [5.74, 6) is 0. The number of hydrogen-bond donors (Lipinski definition) is 0. The minimum atomic E-state index is -0.412. The average Bonchev–Trinajstić information content (AvgIpc) is 2.56. The maximum Gasteiger partial charge on any atom is 0.365 e. The van der Waals surface area contributed by atoms with Gasteiger partial charge < -0.3 is 9.32 Å².